The summed E-state index contributed by atoms with van der Waals surface area (Å²) in [6, 6.07) is 0.347. The second kappa shape index (κ2) is 9.83. The zero-order valence-corrected chi connectivity index (χ0v) is 16.6. The summed E-state index contributed by atoms with van der Waals surface area (Å²) in [5.74, 6) is 1.31. The van der Waals surface area contributed by atoms with Crippen molar-refractivity contribution in [3.63, 3.8) is 0 Å². The first-order chi connectivity index (χ1) is 9.32. The maximum Gasteiger partial charge on any atom is 0.211 e. The molecule has 0 radical (unpaired) electrons. The maximum absolute atomic E-state index is 11.4. The van der Waals surface area contributed by atoms with Crippen LogP contribution in [0, 0.1) is 5.92 Å². The average Bonchev–Trinajstić information content (AvgIpc) is 2.35. The third kappa shape index (κ3) is 8.20. The third-order valence-electron chi connectivity index (χ3n) is 3.32. The van der Waals surface area contributed by atoms with Crippen molar-refractivity contribution in [3.8, 4) is 0 Å². The Balaban J connectivity index is 0.00000400. The molecule has 1 fully saturated rings. The fraction of sp³-hybridized carbons (Fsp3) is 0.923. The van der Waals surface area contributed by atoms with Crippen LogP contribution >= 0.6 is 24.0 Å². The summed E-state index contributed by atoms with van der Waals surface area (Å²) in [7, 11) is -3.03. The van der Waals surface area contributed by atoms with Crippen molar-refractivity contribution in [3.05, 3.63) is 0 Å². The number of halogens is 1. The largest absolute Gasteiger partial charge is 0.357 e. The number of hydrogen-bond acceptors (Lipinski definition) is 3. The molecule has 0 amide bonds. The molecule has 0 bridgehead atoms. The quantitative estimate of drug-likeness (QED) is 0.390. The molecule has 0 saturated carbocycles. The van der Waals surface area contributed by atoms with Gasteiger partial charge in [-0.15, -0.1) is 24.0 Å². The summed E-state index contributed by atoms with van der Waals surface area (Å²) in [6.45, 7) is 9.03. The molecule has 1 rings (SSSR count). The molecule has 1 saturated heterocycles. The van der Waals surface area contributed by atoms with Gasteiger partial charge in [0.05, 0.1) is 6.26 Å². The van der Waals surface area contributed by atoms with Crippen LogP contribution < -0.4 is 10.6 Å². The monoisotopic (exact) mass is 432 g/mol. The molecule has 0 spiro atoms. The molecule has 1 heterocycles. The zero-order chi connectivity index (χ0) is 15.2. The first kappa shape index (κ1) is 20.9. The van der Waals surface area contributed by atoms with Crippen LogP contribution in [-0.4, -0.2) is 57.2 Å². The van der Waals surface area contributed by atoms with Crippen LogP contribution in [-0.2, 0) is 10.0 Å². The highest BCUT2D eigenvalue weighted by Crippen LogP contribution is 2.19. The van der Waals surface area contributed by atoms with Crippen molar-refractivity contribution < 1.29 is 8.42 Å². The molecule has 0 aliphatic carbocycles. The van der Waals surface area contributed by atoms with Crippen molar-refractivity contribution in [1.29, 1.82) is 0 Å². The molecule has 6 nitrogen and oxygen atoms in total. The summed E-state index contributed by atoms with van der Waals surface area (Å²) in [6.07, 6.45) is 3.05. The van der Waals surface area contributed by atoms with Crippen LogP contribution in [0.2, 0.25) is 0 Å². The van der Waals surface area contributed by atoms with Gasteiger partial charge in [0, 0.05) is 32.2 Å². The maximum atomic E-state index is 11.4. The average molecular weight is 432 g/mol. The van der Waals surface area contributed by atoms with Gasteiger partial charge in [0.15, 0.2) is 5.96 Å². The molecule has 0 aromatic carbocycles. The van der Waals surface area contributed by atoms with Crippen molar-refractivity contribution in [1.82, 2.24) is 14.9 Å². The SMILES string of the molecule is CCNC(=NCC1CCN(S(C)(=O)=O)CC1)NC(C)C.I. The van der Waals surface area contributed by atoms with Gasteiger partial charge in [-0.1, -0.05) is 0 Å². The number of piperidine rings is 1. The Hall–Kier alpha value is -0.0900. The third-order valence-corrected chi connectivity index (χ3v) is 4.62. The summed E-state index contributed by atoms with van der Waals surface area (Å²) in [4.78, 5) is 4.59. The van der Waals surface area contributed by atoms with E-state index in [1.807, 2.05) is 6.92 Å². The van der Waals surface area contributed by atoms with Crippen LogP contribution in [0.25, 0.3) is 0 Å². The first-order valence-corrected chi connectivity index (χ1v) is 9.17. The number of rotatable bonds is 5. The molecule has 126 valence electrons. The van der Waals surface area contributed by atoms with Gasteiger partial charge >= 0.3 is 0 Å². The Morgan fingerprint density at radius 1 is 1.33 bits per heavy atom. The van der Waals surface area contributed by atoms with E-state index in [1.54, 1.807) is 4.31 Å². The van der Waals surface area contributed by atoms with Gasteiger partial charge in [-0.2, -0.15) is 0 Å². The van der Waals surface area contributed by atoms with E-state index in [2.05, 4.69) is 29.5 Å². The van der Waals surface area contributed by atoms with Gasteiger partial charge in [0.1, 0.15) is 0 Å². The summed E-state index contributed by atoms with van der Waals surface area (Å²) < 4.78 is 24.4. The van der Waals surface area contributed by atoms with Crippen molar-refractivity contribution in [2.24, 2.45) is 10.9 Å². The van der Waals surface area contributed by atoms with E-state index >= 15 is 0 Å². The zero-order valence-electron chi connectivity index (χ0n) is 13.4. The van der Waals surface area contributed by atoms with Gasteiger partial charge in [0.2, 0.25) is 10.0 Å². The van der Waals surface area contributed by atoms with E-state index in [0.29, 0.717) is 25.0 Å². The first-order valence-electron chi connectivity index (χ1n) is 7.33. The summed E-state index contributed by atoms with van der Waals surface area (Å²) >= 11 is 0. The van der Waals surface area contributed by atoms with Crippen molar-refractivity contribution >= 4 is 40.0 Å². The highest BCUT2D eigenvalue weighted by Gasteiger charge is 2.24. The smallest absolute Gasteiger partial charge is 0.211 e. The summed E-state index contributed by atoms with van der Waals surface area (Å²) in [5.41, 5.74) is 0. The topological polar surface area (TPSA) is 73.8 Å². The van der Waals surface area contributed by atoms with Crippen molar-refractivity contribution in [2.75, 3.05) is 32.4 Å². The molecule has 1 aliphatic heterocycles. The van der Waals surface area contributed by atoms with E-state index in [1.165, 1.54) is 6.26 Å². The van der Waals surface area contributed by atoms with Crippen LogP contribution in [0.4, 0.5) is 0 Å². The summed E-state index contributed by atoms with van der Waals surface area (Å²) in [5, 5.41) is 6.51. The molecule has 2 N–H and O–H groups in total. The van der Waals surface area contributed by atoms with E-state index in [9.17, 15) is 8.42 Å². The fourth-order valence-electron chi connectivity index (χ4n) is 2.24. The number of hydrogen-bond donors (Lipinski definition) is 2. The molecule has 0 unspecified atom stereocenters. The number of nitrogens with one attached hydrogen (secondary N) is 2. The van der Waals surface area contributed by atoms with E-state index < -0.39 is 10.0 Å². The molecule has 0 aromatic heterocycles. The van der Waals surface area contributed by atoms with E-state index in [0.717, 1.165) is 31.9 Å². The molecular weight excluding hydrogens is 403 g/mol. The number of aliphatic imine (C=N–C) groups is 1. The number of nitrogens with zero attached hydrogens (tertiary/aromatic N) is 2. The lowest BCUT2D eigenvalue weighted by atomic mass is 9.98. The Morgan fingerprint density at radius 2 is 1.90 bits per heavy atom. The minimum atomic E-state index is -3.03. The lowest BCUT2D eigenvalue weighted by Gasteiger charge is -2.29. The lowest BCUT2D eigenvalue weighted by Crippen LogP contribution is -2.42. The normalized spacial score (nSPS) is 18.4. The predicted octanol–water partition coefficient (Wildman–Crippen LogP) is 1.24. The minimum absolute atomic E-state index is 0. The minimum Gasteiger partial charge on any atom is -0.357 e. The Bertz CT molecular complexity index is 418. The predicted molar refractivity (Wildman–Crippen MR) is 98.8 cm³/mol. The lowest BCUT2D eigenvalue weighted by molar-refractivity contribution is 0.280. The molecular formula is C13H29IN4O2S. The second-order valence-electron chi connectivity index (χ2n) is 5.62. The highest BCUT2D eigenvalue weighted by atomic mass is 127. The van der Waals surface area contributed by atoms with Crippen LogP contribution in [0.15, 0.2) is 4.99 Å². The molecule has 1 aliphatic rings. The Morgan fingerprint density at radius 3 is 2.33 bits per heavy atom. The van der Waals surface area contributed by atoms with Gasteiger partial charge < -0.3 is 10.6 Å². The molecule has 0 aromatic rings. The van der Waals surface area contributed by atoms with Crippen LogP contribution in [0.1, 0.15) is 33.6 Å². The number of sulfonamides is 1. The molecule has 21 heavy (non-hydrogen) atoms. The Labute approximate surface area is 146 Å². The van der Waals surface area contributed by atoms with Gasteiger partial charge in [-0.25, -0.2) is 12.7 Å². The molecule has 0 atom stereocenters. The van der Waals surface area contributed by atoms with Gasteiger partial charge in [0.25, 0.3) is 0 Å². The fourth-order valence-corrected chi connectivity index (χ4v) is 3.11. The van der Waals surface area contributed by atoms with E-state index in [-0.39, 0.29) is 24.0 Å². The van der Waals surface area contributed by atoms with Crippen molar-refractivity contribution in [2.45, 2.75) is 39.7 Å². The number of guanidine groups is 1. The second-order valence-corrected chi connectivity index (χ2v) is 7.61. The standard InChI is InChI=1S/C13H28N4O2S.HI/c1-5-14-13(16-11(2)3)15-10-12-6-8-17(9-7-12)20(4,18)19;/h11-12H,5-10H2,1-4H3,(H2,14,15,16);1H. The van der Waals surface area contributed by atoms with Gasteiger partial charge in [-0.3, -0.25) is 4.99 Å². The molecule has 8 heteroatoms. The van der Waals surface area contributed by atoms with E-state index in [4.69, 9.17) is 0 Å². The van der Waals surface area contributed by atoms with Gasteiger partial charge in [-0.05, 0) is 39.5 Å². The van der Waals surface area contributed by atoms with Crippen LogP contribution in [0.3, 0.4) is 0 Å². The Kier molecular flexibility index (Phi) is 9.79. The van der Waals surface area contributed by atoms with Crippen LogP contribution in [0.5, 0.6) is 0 Å². The highest BCUT2D eigenvalue weighted by molar-refractivity contribution is 14.0.